The van der Waals surface area contributed by atoms with Crippen molar-refractivity contribution < 1.29 is 18.8 Å². The van der Waals surface area contributed by atoms with Gasteiger partial charge in [0, 0.05) is 12.1 Å². The molecule has 1 aliphatic rings. The van der Waals surface area contributed by atoms with Crippen molar-refractivity contribution >= 4 is 5.91 Å². The van der Waals surface area contributed by atoms with E-state index in [1.165, 1.54) is 0 Å². The SMILES string of the molecule is COc1cc(C)ccc1OCCC(=O)N1CCCCC1c1nc(-c2ccccc2)no1. The molecule has 0 radical (unpaired) electrons. The molecule has 2 heterocycles. The zero-order chi connectivity index (χ0) is 21.6. The van der Waals surface area contributed by atoms with Gasteiger partial charge in [-0.25, -0.2) is 0 Å². The zero-order valence-corrected chi connectivity index (χ0v) is 17.9. The van der Waals surface area contributed by atoms with Crippen molar-refractivity contribution in [2.75, 3.05) is 20.3 Å². The summed E-state index contributed by atoms with van der Waals surface area (Å²) in [5.74, 6) is 2.37. The maximum Gasteiger partial charge on any atom is 0.249 e. The molecule has 0 bridgehead atoms. The van der Waals surface area contributed by atoms with Gasteiger partial charge >= 0.3 is 0 Å². The second-order valence-corrected chi connectivity index (χ2v) is 7.67. The lowest BCUT2D eigenvalue weighted by molar-refractivity contribution is -0.136. The van der Waals surface area contributed by atoms with Crippen molar-refractivity contribution in [2.45, 2.75) is 38.6 Å². The van der Waals surface area contributed by atoms with Crippen LogP contribution in [0.2, 0.25) is 0 Å². The highest BCUT2D eigenvalue weighted by molar-refractivity contribution is 5.77. The Kier molecular flexibility index (Phi) is 6.50. The Labute approximate surface area is 182 Å². The van der Waals surface area contributed by atoms with Crippen LogP contribution in [0.25, 0.3) is 11.4 Å². The molecule has 4 rings (SSSR count). The van der Waals surface area contributed by atoms with Crippen LogP contribution in [0.15, 0.2) is 53.1 Å². The highest BCUT2D eigenvalue weighted by Crippen LogP contribution is 2.32. The minimum Gasteiger partial charge on any atom is -0.493 e. The van der Waals surface area contributed by atoms with E-state index >= 15 is 0 Å². The van der Waals surface area contributed by atoms with E-state index in [0.29, 0.717) is 29.8 Å². The van der Waals surface area contributed by atoms with Crippen LogP contribution in [0.5, 0.6) is 11.5 Å². The quantitative estimate of drug-likeness (QED) is 0.556. The van der Waals surface area contributed by atoms with Crippen LogP contribution in [-0.2, 0) is 4.79 Å². The van der Waals surface area contributed by atoms with Gasteiger partial charge < -0.3 is 18.9 Å². The summed E-state index contributed by atoms with van der Waals surface area (Å²) in [7, 11) is 1.61. The molecular weight excluding hydrogens is 394 g/mol. The van der Waals surface area contributed by atoms with Gasteiger partial charge in [0.15, 0.2) is 11.5 Å². The fraction of sp³-hybridized carbons (Fsp3) is 0.375. The van der Waals surface area contributed by atoms with Gasteiger partial charge in [-0.15, -0.1) is 0 Å². The van der Waals surface area contributed by atoms with E-state index in [1.807, 2.05) is 60.4 Å². The topological polar surface area (TPSA) is 77.7 Å². The number of nitrogens with zero attached hydrogens (tertiary/aromatic N) is 3. The molecular formula is C24H27N3O4. The molecule has 0 N–H and O–H groups in total. The Morgan fingerprint density at radius 3 is 2.81 bits per heavy atom. The Morgan fingerprint density at radius 2 is 2.00 bits per heavy atom. The first-order valence-electron chi connectivity index (χ1n) is 10.6. The lowest BCUT2D eigenvalue weighted by Gasteiger charge is -2.33. The zero-order valence-electron chi connectivity index (χ0n) is 17.9. The van der Waals surface area contributed by atoms with Gasteiger partial charge in [0.25, 0.3) is 0 Å². The molecule has 7 heteroatoms. The summed E-state index contributed by atoms with van der Waals surface area (Å²) in [4.78, 5) is 19.4. The average Bonchev–Trinajstić information content (AvgIpc) is 3.30. The lowest BCUT2D eigenvalue weighted by Crippen LogP contribution is -2.39. The van der Waals surface area contributed by atoms with Gasteiger partial charge in [-0.3, -0.25) is 4.79 Å². The molecule has 2 aromatic carbocycles. The van der Waals surface area contributed by atoms with Gasteiger partial charge in [0.05, 0.1) is 20.1 Å². The predicted molar refractivity (Wildman–Crippen MR) is 116 cm³/mol. The number of likely N-dealkylation sites (tertiary alicyclic amines) is 1. The number of aryl methyl sites for hydroxylation is 1. The first-order chi connectivity index (χ1) is 15.2. The minimum absolute atomic E-state index is 0.0234. The molecule has 1 amide bonds. The molecule has 0 spiro atoms. The number of rotatable bonds is 7. The van der Waals surface area contributed by atoms with Crippen molar-refractivity contribution in [3.63, 3.8) is 0 Å². The third kappa shape index (κ3) is 4.87. The highest BCUT2D eigenvalue weighted by Gasteiger charge is 2.32. The van der Waals surface area contributed by atoms with E-state index < -0.39 is 0 Å². The Hall–Kier alpha value is -3.35. The van der Waals surface area contributed by atoms with Crippen LogP contribution in [-0.4, -0.2) is 41.2 Å². The van der Waals surface area contributed by atoms with Gasteiger partial charge in [-0.05, 0) is 43.9 Å². The smallest absolute Gasteiger partial charge is 0.249 e. The van der Waals surface area contributed by atoms with Crippen LogP contribution in [0, 0.1) is 6.92 Å². The first kappa shape index (κ1) is 20.9. The Morgan fingerprint density at radius 1 is 1.16 bits per heavy atom. The summed E-state index contributed by atoms with van der Waals surface area (Å²) in [6.07, 6.45) is 3.07. The second-order valence-electron chi connectivity index (χ2n) is 7.67. The summed E-state index contributed by atoms with van der Waals surface area (Å²) in [6, 6.07) is 15.2. The van der Waals surface area contributed by atoms with Crippen LogP contribution in [0.1, 0.15) is 43.2 Å². The summed E-state index contributed by atoms with van der Waals surface area (Å²) in [5, 5.41) is 4.12. The Balaban J connectivity index is 1.41. The van der Waals surface area contributed by atoms with E-state index in [-0.39, 0.29) is 25.0 Å². The second kappa shape index (κ2) is 9.64. The molecule has 3 aromatic rings. The van der Waals surface area contributed by atoms with Gasteiger partial charge in [-0.1, -0.05) is 41.6 Å². The van der Waals surface area contributed by atoms with Gasteiger partial charge in [0.2, 0.25) is 17.6 Å². The number of piperidine rings is 1. The number of methoxy groups -OCH3 is 1. The molecule has 1 atom stereocenters. The van der Waals surface area contributed by atoms with Crippen molar-refractivity contribution in [1.82, 2.24) is 15.0 Å². The van der Waals surface area contributed by atoms with E-state index in [0.717, 1.165) is 30.4 Å². The maximum atomic E-state index is 13.0. The summed E-state index contributed by atoms with van der Waals surface area (Å²) < 4.78 is 16.7. The Bertz CT molecular complexity index is 1020. The monoisotopic (exact) mass is 421 g/mol. The number of carbonyl (C=O) groups is 1. The number of ether oxygens (including phenoxy) is 2. The number of carbonyl (C=O) groups excluding carboxylic acids is 1. The van der Waals surface area contributed by atoms with Gasteiger partial charge in [-0.2, -0.15) is 4.98 Å². The third-order valence-corrected chi connectivity index (χ3v) is 5.47. The summed E-state index contributed by atoms with van der Waals surface area (Å²) >= 11 is 0. The molecule has 0 aliphatic carbocycles. The average molecular weight is 421 g/mol. The normalized spacial score (nSPS) is 16.2. The molecule has 7 nitrogen and oxygen atoms in total. The number of hydrogen-bond acceptors (Lipinski definition) is 6. The fourth-order valence-electron chi connectivity index (χ4n) is 3.85. The number of aromatic nitrogens is 2. The van der Waals surface area contributed by atoms with Crippen LogP contribution in [0.4, 0.5) is 0 Å². The molecule has 1 aromatic heterocycles. The van der Waals surface area contributed by atoms with Crippen molar-refractivity contribution in [3.05, 3.63) is 60.0 Å². The van der Waals surface area contributed by atoms with Gasteiger partial charge in [0.1, 0.15) is 6.04 Å². The largest absolute Gasteiger partial charge is 0.493 e. The number of hydrogen-bond donors (Lipinski definition) is 0. The predicted octanol–water partition coefficient (Wildman–Crippen LogP) is 4.58. The molecule has 162 valence electrons. The third-order valence-electron chi connectivity index (χ3n) is 5.47. The number of benzene rings is 2. The molecule has 1 fully saturated rings. The van der Waals surface area contributed by atoms with Crippen molar-refractivity contribution in [1.29, 1.82) is 0 Å². The van der Waals surface area contributed by atoms with E-state index in [4.69, 9.17) is 14.0 Å². The van der Waals surface area contributed by atoms with E-state index in [9.17, 15) is 4.79 Å². The molecule has 0 saturated carbocycles. The van der Waals surface area contributed by atoms with Crippen molar-refractivity contribution in [2.24, 2.45) is 0 Å². The fourth-order valence-corrected chi connectivity index (χ4v) is 3.85. The van der Waals surface area contributed by atoms with E-state index in [1.54, 1.807) is 7.11 Å². The maximum absolute atomic E-state index is 13.0. The minimum atomic E-state index is -0.194. The lowest BCUT2D eigenvalue weighted by atomic mass is 10.0. The van der Waals surface area contributed by atoms with Crippen LogP contribution >= 0.6 is 0 Å². The van der Waals surface area contributed by atoms with Crippen LogP contribution < -0.4 is 9.47 Å². The summed E-state index contributed by atoms with van der Waals surface area (Å²) in [6.45, 7) is 2.95. The molecule has 1 unspecified atom stereocenters. The summed E-state index contributed by atoms with van der Waals surface area (Å²) in [5.41, 5.74) is 1.98. The molecule has 1 saturated heterocycles. The molecule has 31 heavy (non-hydrogen) atoms. The van der Waals surface area contributed by atoms with Crippen molar-refractivity contribution in [3.8, 4) is 22.9 Å². The molecule has 1 aliphatic heterocycles. The number of amides is 1. The standard InChI is InChI=1S/C24H27N3O4/c1-17-11-12-20(21(16-17)29-2)30-15-13-22(28)27-14-7-6-10-19(27)24-25-23(26-31-24)18-8-4-3-5-9-18/h3-5,8-9,11-12,16,19H,6-7,10,13-15H2,1-2H3. The van der Waals surface area contributed by atoms with E-state index in [2.05, 4.69) is 10.1 Å². The first-order valence-corrected chi connectivity index (χ1v) is 10.6. The highest BCUT2D eigenvalue weighted by atomic mass is 16.5. The van der Waals surface area contributed by atoms with Crippen LogP contribution in [0.3, 0.4) is 0 Å².